The van der Waals surface area contributed by atoms with Crippen LogP contribution in [0.15, 0.2) is 60.7 Å². The molecule has 5 heteroatoms. The number of fused-ring (bicyclic) bond motifs is 1. The Balaban J connectivity index is 1.77. The highest BCUT2D eigenvalue weighted by molar-refractivity contribution is 6.30. The van der Waals surface area contributed by atoms with Gasteiger partial charge in [-0.15, -0.1) is 0 Å². The minimum absolute atomic E-state index is 0.0975. The Labute approximate surface area is 158 Å². The van der Waals surface area contributed by atoms with Crippen molar-refractivity contribution in [3.8, 4) is 0 Å². The van der Waals surface area contributed by atoms with Crippen LogP contribution in [0.3, 0.4) is 0 Å². The van der Waals surface area contributed by atoms with E-state index in [4.69, 9.17) is 16.6 Å². The van der Waals surface area contributed by atoms with Crippen molar-refractivity contribution < 1.29 is 4.79 Å². The molecule has 134 valence electrons. The maximum Gasteiger partial charge on any atom is 0.246 e. The van der Waals surface area contributed by atoms with Gasteiger partial charge in [0.1, 0.15) is 5.82 Å². The molecule has 0 aliphatic heterocycles. The highest BCUT2D eigenvalue weighted by Crippen LogP contribution is 2.20. The zero-order valence-electron chi connectivity index (χ0n) is 14.8. The number of carbonyl (C=O) groups excluding carboxylic acids is 1. The van der Waals surface area contributed by atoms with Crippen LogP contribution in [0.2, 0.25) is 5.02 Å². The number of carbonyl (C=O) groups is 1. The molecule has 0 saturated carbocycles. The molecule has 3 rings (SSSR count). The molecule has 0 saturated heterocycles. The van der Waals surface area contributed by atoms with Crippen molar-refractivity contribution in [2.24, 2.45) is 0 Å². The number of imidazole rings is 1. The van der Waals surface area contributed by atoms with Crippen molar-refractivity contribution >= 4 is 28.5 Å². The number of nitrogens with one attached hydrogen (secondary N) is 1. The maximum absolute atomic E-state index is 11.6. The Morgan fingerprint density at radius 2 is 1.92 bits per heavy atom. The lowest BCUT2D eigenvalue weighted by atomic mass is 10.2. The number of rotatable bonds is 7. The highest BCUT2D eigenvalue weighted by Gasteiger charge is 2.11. The quantitative estimate of drug-likeness (QED) is 0.498. The molecule has 0 bridgehead atoms. The molecule has 1 aromatic heterocycles. The number of halogens is 1. The average molecular weight is 368 g/mol. The number of amides is 1. The topological polar surface area (TPSA) is 46.9 Å². The van der Waals surface area contributed by atoms with Gasteiger partial charge in [0.25, 0.3) is 0 Å². The molecule has 26 heavy (non-hydrogen) atoms. The van der Waals surface area contributed by atoms with Crippen LogP contribution in [-0.4, -0.2) is 22.0 Å². The summed E-state index contributed by atoms with van der Waals surface area (Å²) < 4.78 is 2.24. The first kappa shape index (κ1) is 18.2. The Morgan fingerprint density at radius 1 is 1.19 bits per heavy atom. The molecule has 4 nitrogen and oxygen atoms in total. The fourth-order valence-corrected chi connectivity index (χ4v) is 2.99. The van der Waals surface area contributed by atoms with Gasteiger partial charge < -0.3 is 9.88 Å². The summed E-state index contributed by atoms with van der Waals surface area (Å²) in [5.41, 5.74) is 3.81. The van der Waals surface area contributed by atoms with Crippen LogP contribution in [0.1, 0.15) is 24.7 Å². The van der Waals surface area contributed by atoms with Crippen LogP contribution >= 0.6 is 11.6 Å². The van der Waals surface area contributed by atoms with E-state index in [0.29, 0.717) is 12.1 Å². The third-order valence-electron chi connectivity index (χ3n) is 4.24. The molecule has 1 heterocycles. The number of hydrogen-bond donors (Lipinski definition) is 1. The summed E-state index contributed by atoms with van der Waals surface area (Å²) in [6.45, 7) is 6.71. The van der Waals surface area contributed by atoms with E-state index in [-0.39, 0.29) is 5.91 Å². The molecule has 2 aromatic carbocycles. The van der Waals surface area contributed by atoms with Crippen molar-refractivity contribution in [1.29, 1.82) is 0 Å². The summed E-state index contributed by atoms with van der Waals surface area (Å²) in [6, 6.07) is 16.0. The molecule has 0 aliphatic carbocycles. The first-order valence-corrected chi connectivity index (χ1v) is 9.04. The number of hydrogen-bond acceptors (Lipinski definition) is 2. The van der Waals surface area contributed by atoms with Crippen LogP contribution < -0.4 is 5.32 Å². The van der Waals surface area contributed by atoms with Crippen LogP contribution in [0.4, 0.5) is 0 Å². The Bertz CT molecular complexity index is 928. The maximum atomic E-state index is 11.6. The minimum Gasteiger partial charge on any atom is -0.352 e. The Morgan fingerprint density at radius 3 is 2.65 bits per heavy atom. The molecule has 3 aromatic rings. The van der Waals surface area contributed by atoms with Crippen molar-refractivity contribution in [1.82, 2.24) is 14.9 Å². The van der Waals surface area contributed by atoms with Gasteiger partial charge in [-0.05, 0) is 43.2 Å². The number of benzene rings is 2. The van der Waals surface area contributed by atoms with Gasteiger partial charge in [0.2, 0.25) is 5.91 Å². The van der Waals surface area contributed by atoms with E-state index in [1.54, 1.807) is 6.92 Å². The zero-order valence-corrected chi connectivity index (χ0v) is 15.6. The number of aromatic nitrogens is 2. The second kappa shape index (κ2) is 8.19. The smallest absolute Gasteiger partial charge is 0.246 e. The van der Waals surface area contributed by atoms with Crippen molar-refractivity contribution in [2.75, 3.05) is 6.54 Å². The first-order chi connectivity index (χ1) is 12.5. The van der Waals surface area contributed by atoms with Gasteiger partial charge in [0.05, 0.1) is 11.0 Å². The van der Waals surface area contributed by atoms with Gasteiger partial charge in [-0.2, -0.15) is 0 Å². The molecule has 1 N–H and O–H groups in total. The van der Waals surface area contributed by atoms with E-state index in [9.17, 15) is 4.79 Å². The van der Waals surface area contributed by atoms with Crippen LogP contribution in [-0.2, 0) is 17.8 Å². The Kier molecular flexibility index (Phi) is 5.74. The molecule has 0 atom stereocenters. The van der Waals surface area contributed by atoms with Gasteiger partial charge in [-0.25, -0.2) is 4.98 Å². The third kappa shape index (κ3) is 4.33. The lowest BCUT2D eigenvalue weighted by molar-refractivity contribution is -0.117. The van der Waals surface area contributed by atoms with Gasteiger partial charge in [-0.3, -0.25) is 4.79 Å². The second-order valence-electron chi connectivity index (χ2n) is 6.37. The van der Waals surface area contributed by atoms with Crippen molar-refractivity contribution in [3.05, 3.63) is 77.1 Å². The fourth-order valence-electron chi connectivity index (χ4n) is 2.86. The SMILES string of the molecule is C=C(C)C(=O)NCCCc1nc2ccccc2n1Cc1ccc(Cl)cc1. The van der Waals surface area contributed by atoms with Crippen LogP contribution in [0.5, 0.6) is 0 Å². The predicted octanol–water partition coefficient (Wildman–Crippen LogP) is 4.36. The summed E-state index contributed by atoms with van der Waals surface area (Å²) in [5.74, 6) is 0.922. The monoisotopic (exact) mass is 367 g/mol. The molecule has 0 radical (unpaired) electrons. The summed E-state index contributed by atoms with van der Waals surface area (Å²) in [7, 11) is 0. The van der Waals surface area contributed by atoms with E-state index in [1.165, 1.54) is 5.56 Å². The highest BCUT2D eigenvalue weighted by atomic mass is 35.5. The van der Waals surface area contributed by atoms with Crippen LogP contribution in [0.25, 0.3) is 11.0 Å². The van der Waals surface area contributed by atoms with E-state index < -0.39 is 0 Å². The molecule has 0 spiro atoms. The van der Waals surface area contributed by atoms with Gasteiger partial charge in [-0.1, -0.05) is 42.4 Å². The normalized spacial score (nSPS) is 10.8. The number of nitrogens with zero attached hydrogens (tertiary/aromatic N) is 2. The van der Waals surface area contributed by atoms with E-state index >= 15 is 0 Å². The van der Waals surface area contributed by atoms with E-state index in [0.717, 1.165) is 41.3 Å². The van der Waals surface area contributed by atoms with Gasteiger partial charge >= 0.3 is 0 Å². The molecular weight excluding hydrogens is 346 g/mol. The summed E-state index contributed by atoms with van der Waals surface area (Å²) >= 11 is 5.99. The van der Waals surface area contributed by atoms with Crippen molar-refractivity contribution in [3.63, 3.8) is 0 Å². The number of para-hydroxylation sites is 2. The standard InChI is InChI=1S/C21H22ClN3O/c1-15(2)21(26)23-13-5-8-20-24-18-6-3-4-7-19(18)25(20)14-16-9-11-17(22)12-10-16/h3-4,6-7,9-12H,1,5,8,13-14H2,2H3,(H,23,26). The summed E-state index contributed by atoms with van der Waals surface area (Å²) in [5, 5.41) is 3.61. The first-order valence-electron chi connectivity index (χ1n) is 8.67. The summed E-state index contributed by atoms with van der Waals surface area (Å²) in [6.07, 6.45) is 1.61. The third-order valence-corrected chi connectivity index (χ3v) is 4.49. The molecule has 1 amide bonds. The fraction of sp³-hybridized carbons (Fsp3) is 0.238. The molecular formula is C21H22ClN3O. The van der Waals surface area contributed by atoms with Crippen molar-refractivity contribution in [2.45, 2.75) is 26.3 Å². The van der Waals surface area contributed by atoms with Crippen LogP contribution in [0, 0.1) is 0 Å². The molecule has 0 unspecified atom stereocenters. The lowest BCUT2D eigenvalue weighted by Crippen LogP contribution is -2.25. The molecule has 0 aliphatic rings. The largest absolute Gasteiger partial charge is 0.352 e. The summed E-state index contributed by atoms with van der Waals surface area (Å²) in [4.78, 5) is 16.4. The average Bonchev–Trinajstić information content (AvgIpc) is 2.98. The Hall–Kier alpha value is -2.59. The molecule has 0 fully saturated rings. The van der Waals surface area contributed by atoms with Gasteiger partial charge in [0.15, 0.2) is 0 Å². The second-order valence-corrected chi connectivity index (χ2v) is 6.81. The predicted molar refractivity (Wildman–Crippen MR) is 106 cm³/mol. The zero-order chi connectivity index (χ0) is 18.5. The number of aryl methyl sites for hydroxylation is 1. The minimum atomic E-state index is -0.0975. The lowest BCUT2D eigenvalue weighted by Gasteiger charge is -2.10. The van der Waals surface area contributed by atoms with E-state index in [1.807, 2.05) is 42.5 Å². The van der Waals surface area contributed by atoms with Gasteiger partial charge in [0, 0.05) is 30.1 Å². The van der Waals surface area contributed by atoms with E-state index in [2.05, 4.69) is 22.5 Å².